The van der Waals surface area contributed by atoms with E-state index in [1.165, 1.54) is 6.07 Å². The standard InChI is InChI=1S/C24H24N2O5/c1-16-5-3-4-6-19(16)14-29-23-12-26(17(2)9-20(23)27)13-24(28)25-11-18-7-8-21-22(10-18)31-15-30-21/h3-10,12H,11,13-15H2,1-2H3,(H,25,28). The van der Waals surface area contributed by atoms with E-state index in [0.717, 1.165) is 16.7 Å². The fraction of sp³-hybridized carbons (Fsp3) is 0.250. The Kier molecular flexibility index (Phi) is 5.93. The quantitative estimate of drug-likeness (QED) is 0.636. The van der Waals surface area contributed by atoms with E-state index in [1.54, 1.807) is 17.7 Å². The normalized spacial score (nSPS) is 11.9. The lowest BCUT2D eigenvalue weighted by molar-refractivity contribution is -0.121. The Morgan fingerprint density at radius 2 is 1.90 bits per heavy atom. The predicted octanol–water partition coefficient (Wildman–Crippen LogP) is 3.09. The third-order valence-corrected chi connectivity index (χ3v) is 5.19. The zero-order valence-electron chi connectivity index (χ0n) is 17.5. The van der Waals surface area contributed by atoms with Crippen LogP contribution in [0.15, 0.2) is 59.5 Å². The number of benzene rings is 2. The summed E-state index contributed by atoms with van der Waals surface area (Å²) in [5.74, 6) is 1.43. The highest BCUT2D eigenvalue weighted by Gasteiger charge is 2.14. The van der Waals surface area contributed by atoms with E-state index >= 15 is 0 Å². The Hall–Kier alpha value is -3.74. The minimum Gasteiger partial charge on any atom is -0.483 e. The van der Waals surface area contributed by atoms with E-state index in [0.29, 0.717) is 30.3 Å². The van der Waals surface area contributed by atoms with Crippen LogP contribution in [0, 0.1) is 13.8 Å². The van der Waals surface area contributed by atoms with E-state index in [4.69, 9.17) is 14.2 Å². The van der Waals surface area contributed by atoms with E-state index in [-0.39, 0.29) is 30.4 Å². The smallest absolute Gasteiger partial charge is 0.240 e. The van der Waals surface area contributed by atoms with Gasteiger partial charge in [0.15, 0.2) is 17.2 Å². The van der Waals surface area contributed by atoms with Crippen LogP contribution in [-0.2, 0) is 24.5 Å². The molecule has 31 heavy (non-hydrogen) atoms. The van der Waals surface area contributed by atoms with E-state index in [1.807, 2.05) is 49.4 Å². The SMILES string of the molecule is Cc1ccccc1COc1cn(CC(=O)NCc2ccc3c(c2)OCO3)c(C)cc1=O. The van der Waals surface area contributed by atoms with Gasteiger partial charge in [-0.2, -0.15) is 0 Å². The summed E-state index contributed by atoms with van der Waals surface area (Å²) in [6.07, 6.45) is 1.59. The van der Waals surface area contributed by atoms with Gasteiger partial charge in [-0.3, -0.25) is 9.59 Å². The first-order valence-electron chi connectivity index (χ1n) is 10.0. The summed E-state index contributed by atoms with van der Waals surface area (Å²) in [7, 11) is 0. The summed E-state index contributed by atoms with van der Waals surface area (Å²) in [5, 5.41) is 2.89. The number of aryl methyl sites for hydroxylation is 2. The molecule has 0 saturated carbocycles. The van der Waals surface area contributed by atoms with Gasteiger partial charge in [0, 0.05) is 18.3 Å². The largest absolute Gasteiger partial charge is 0.483 e. The second-order valence-corrected chi connectivity index (χ2v) is 7.45. The van der Waals surface area contributed by atoms with Crippen molar-refractivity contribution >= 4 is 5.91 Å². The number of nitrogens with one attached hydrogen (secondary N) is 1. The summed E-state index contributed by atoms with van der Waals surface area (Å²) >= 11 is 0. The molecule has 2 heterocycles. The third kappa shape index (κ3) is 4.88. The van der Waals surface area contributed by atoms with Crippen LogP contribution in [0.1, 0.15) is 22.4 Å². The number of amides is 1. The molecule has 0 fully saturated rings. The summed E-state index contributed by atoms with van der Waals surface area (Å²) in [6.45, 7) is 4.74. The van der Waals surface area contributed by atoms with Gasteiger partial charge in [0.25, 0.3) is 0 Å². The van der Waals surface area contributed by atoms with Crippen molar-refractivity contribution < 1.29 is 19.0 Å². The number of fused-ring (bicyclic) bond motifs is 1. The molecule has 7 nitrogen and oxygen atoms in total. The number of carbonyl (C=O) groups excluding carboxylic acids is 1. The average Bonchev–Trinajstić information content (AvgIpc) is 3.22. The summed E-state index contributed by atoms with van der Waals surface area (Å²) in [6, 6.07) is 14.9. The molecule has 0 unspecified atom stereocenters. The van der Waals surface area contributed by atoms with Crippen molar-refractivity contribution in [1.82, 2.24) is 9.88 Å². The molecule has 1 N–H and O–H groups in total. The van der Waals surface area contributed by atoms with E-state index < -0.39 is 0 Å². The van der Waals surface area contributed by atoms with Crippen molar-refractivity contribution in [2.75, 3.05) is 6.79 Å². The molecule has 0 aliphatic carbocycles. The van der Waals surface area contributed by atoms with Crippen molar-refractivity contribution in [3.05, 3.63) is 87.3 Å². The Bertz CT molecular complexity index is 1170. The van der Waals surface area contributed by atoms with Gasteiger partial charge in [-0.1, -0.05) is 30.3 Å². The molecule has 0 spiro atoms. The molecule has 160 valence electrons. The molecule has 1 aliphatic heterocycles. The average molecular weight is 420 g/mol. The Labute approximate surface area is 180 Å². The molecular weight excluding hydrogens is 396 g/mol. The molecule has 1 aliphatic rings. The number of pyridine rings is 1. The van der Waals surface area contributed by atoms with Gasteiger partial charge >= 0.3 is 0 Å². The first-order valence-corrected chi connectivity index (χ1v) is 10.0. The topological polar surface area (TPSA) is 78.8 Å². The molecule has 2 aromatic carbocycles. The number of nitrogens with zero attached hydrogens (tertiary/aromatic N) is 1. The van der Waals surface area contributed by atoms with Crippen LogP contribution >= 0.6 is 0 Å². The Morgan fingerprint density at radius 1 is 1.10 bits per heavy atom. The lowest BCUT2D eigenvalue weighted by atomic mass is 10.1. The van der Waals surface area contributed by atoms with Crippen LogP contribution in [0.2, 0.25) is 0 Å². The highest BCUT2D eigenvalue weighted by molar-refractivity contribution is 5.75. The van der Waals surface area contributed by atoms with Crippen molar-refractivity contribution in [2.45, 2.75) is 33.5 Å². The molecule has 0 saturated heterocycles. The van der Waals surface area contributed by atoms with Crippen LogP contribution in [0.5, 0.6) is 17.2 Å². The lowest BCUT2D eigenvalue weighted by Gasteiger charge is -2.14. The van der Waals surface area contributed by atoms with Crippen molar-refractivity contribution in [2.24, 2.45) is 0 Å². The minimum absolute atomic E-state index is 0.0807. The molecule has 0 radical (unpaired) electrons. The van der Waals surface area contributed by atoms with Gasteiger partial charge in [-0.15, -0.1) is 0 Å². The maximum Gasteiger partial charge on any atom is 0.240 e. The Morgan fingerprint density at radius 3 is 2.74 bits per heavy atom. The van der Waals surface area contributed by atoms with Gasteiger partial charge in [0.05, 0.1) is 6.20 Å². The number of hydrogen-bond acceptors (Lipinski definition) is 5. The van der Waals surface area contributed by atoms with Crippen molar-refractivity contribution in [1.29, 1.82) is 0 Å². The number of rotatable bonds is 7. The highest BCUT2D eigenvalue weighted by atomic mass is 16.7. The number of hydrogen-bond donors (Lipinski definition) is 1. The van der Waals surface area contributed by atoms with Gasteiger partial charge in [0.1, 0.15) is 13.2 Å². The van der Waals surface area contributed by atoms with Crippen LogP contribution in [-0.4, -0.2) is 17.3 Å². The molecule has 1 aromatic heterocycles. The highest BCUT2D eigenvalue weighted by Crippen LogP contribution is 2.32. The van der Waals surface area contributed by atoms with Gasteiger partial charge < -0.3 is 24.1 Å². The number of aromatic nitrogens is 1. The van der Waals surface area contributed by atoms with Crippen LogP contribution in [0.3, 0.4) is 0 Å². The van der Waals surface area contributed by atoms with E-state index in [2.05, 4.69) is 5.32 Å². The summed E-state index contributed by atoms with van der Waals surface area (Å²) < 4.78 is 18.1. The Balaban J connectivity index is 1.39. The first-order chi connectivity index (χ1) is 15.0. The number of ether oxygens (including phenoxy) is 3. The monoisotopic (exact) mass is 420 g/mol. The lowest BCUT2D eigenvalue weighted by Crippen LogP contribution is -2.28. The second kappa shape index (κ2) is 8.95. The zero-order chi connectivity index (χ0) is 21.8. The van der Waals surface area contributed by atoms with Gasteiger partial charge in [-0.25, -0.2) is 0 Å². The fourth-order valence-electron chi connectivity index (χ4n) is 3.32. The second-order valence-electron chi connectivity index (χ2n) is 7.45. The van der Waals surface area contributed by atoms with Crippen molar-refractivity contribution in [3.63, 3.8) is 0 Å². The summed E-state index contributed by atoms with van der Waals surface area (Å²) in [5.41, 5.74) is 3.50. The van der Waals surface area contributed by atoms with Crippen molar-refractivity contribution in [3.8, 4) is 17.2 Å². The van der Waals surface area contributed by atoms with Gasteiger partial charge in [-0.05, 0) is 42.7 Å². The predicted molar refractivity (Wildman–Crippen MR) is 115 cm³/mol. The maximum absolute atomic E-state index is 12.5. The molecule has 1 amide bonds. The summed E-state index contributed by atoms with van der Waals surface area (Å²) in [4.78, 5) is 24.8. The zero-order valence-corrected chi connectivity index (χ0v) is 17.5. The maximum atomic E-state index is 12.5. The molecule has 0 atom stereocenters. The minimum atomic E-state index is -0.205. The van der Waals surface area contributed by atoms with E-state index in [9.17, 15) is 9.59 Å². The van der Waals surface area contributed by atoms with Crippen LogP contribution < -0.4 is 25.0 Å². The molecule has 3 aromatic rings. The number of carbonyl (C=O) groups is 1. The molecule has 7 heteroatoms. The van der Waals surface area contributed by atoms with Crippen LogP contribution in [0.25, 0.3) is 0 Å². The molecular formula is C24H24N2O5. The molecule has 0 bridgehead atoms. The van der Waals surface area contributed by atoms with Crippen LogP contribution in [0.4, 0.5) is 0 Å². The molecule has 4 rings (SSSR count). The van der Waals surface area contributed by atoms with Gasteiger partial charge in [0.2, 0.25) is 18.1 Å². The third-order valence-electron chi connectivity index (χ3n) is 5.19. The first kappa shape index (κ1) is 20.5. The fourth-order valence-corrected chi connectivity index (χ4v) is 3.32.